The van der Waals surface area contributed by atoms with Crippen molar-refractivity contribution < 1.29 is 14.6 Å². The van der Waals surface area contributed by atoms with Gasteiger partial charge in [0.25, 0.3) is 0 Å². The lowest BCUT2D eigenvalue weighted by Gasteiger charge is -2.22. The van der Waals surface area contributed by atoms with Crippen molar-refractivity contribution in [2.45, 2.75) is 32.9 Å². The van der Waals surface area contributed by atoms with Crippen LogP contribution in [0.2, 0.25) is 0 Å². The normalized spacial score (nSPS) is 13.0. The Hall–Kier alpha value is -4.18. The molecule has 0 bridgehead atoms. The van der Waals surface area contributed by atoms with Gasteiger partial charge in [0.05, 0.1) is 30.2 Å². The van der Waals surface area contributed by atoms with Crippen LogP contribution >= 0.6 is 0 Å². The van der Waals surface area contributed by atoms with E-state index in [9.17, 15) is 15.2 Å². The van der Waals surface area contributed by atoms with E-state index in [1.165, 1.54) is 0 Å². The van der Waals surface area contributed by atoms with Crippen LogP contribution in [0, 0.1) is 11.3 Å². The molecule has 1 aliphatic rings. The highest BCUT2D eigenvalue weighted by molar-refractivity contribution is 5.85. The number of hydrogen-bond donors (Lipinski definition) is 2. The molecule has 33 heavy (non-hydrogen) atoms. The average Bonchev–Trinajstić information content (AvgIpc) is 2.84. The lowest BCUT2D eigenvalue weighted by Crippen LogP contribution is -2.27. The fraction of sp³-hybridized carbons (Fsp3) is 0.231. The molecule has 0 aliphatic carbocycles. The standard InChI is InChI=1S/C26H24N4O3/c1-3-33-23-7-5-4-6-19(23)17-8-10-18(11-9-17)24-21(14-27)25(29-16(2)26(31)32)20-12-13-28-15-22(20)30-24/h4-11,13,16H,3,12,15H2,1-2H3,(H,29,30)(H,31,32)/t16-/m1/s1. The summed E-state index contributed by atoms with van der Waals surface area (Å²) in [5, 5.41) is 22.4. The van der Waals surface area contributed by atoms with E-state index in [0.717, 1.165) is 33.7 Å². The zero-order chi connectivity index (χ0) is 23.4. The Labute approximate surface area is 192 Å². The van der Waals surface area contributed by atoms with E-state index in [1.54, 1.807) is 13.1 Å². The molecule has 2 N–H and O–H groups in total. The molecule has 0 amide bonds. The zero-order valence-corrected chi connectivity index (χ0v) is 18.5. The van der Waals surface area contributed by atoms with Crippen molar-refractivity contribution in [3.63, 3.8) is 0 Å². The van der Waals surface area contributed by atoms with Gasteiger partial charge in [0.1, 0.15) is 23.4 Å². The Morgan fingerprint density at radius 3 is 2.64 bits per heavy atom. The second-order valence-corrected chi connectivity index (χ2v) is 7.69. The van der Waals surface area contributed by atoms with Crippen LogP contribution in [0.5, 0.6) is 5.75 Å². The molecular formula is C26H24N4O3. The van der Waals surface area contributed by atoms with Gasteiger partial charge in [0.2, 0.25) is 0 Å². The third-order valence-corrected chi connectivity index (χ3v) is 5.55. The molecule has 1 aliphatic heterocycles. The first kappa shape index (κ1) is 22.0. The summed E-state index contributed by atoms with van der Waals surface area (Å²) in [5.74, 6) is -0.183. The predicted octanol–water partition coefficient (Wildman–Crippen LogP) is 4.70. The highest BCUT2D eigenvalue weighted by atomic mass is 16.5. The minimum absolute atomic E-state index is 0.333. The molecule has 0 unspecified atom stereocenters. The van der Waals surface area contributed by atoms with Crippen molar-refractivity contribution in [2.24, 2.45) is 4.99 Å². The lowest BCUT2D eigenvalue weighted by molar-refractivity contribution is -0.137. The monoisotopic (exact) mass is 440 g/mol. The van der Waals surface area contributed by atoms with Gasteiger partial charge in [-0.05, 0) is 25.5 Å². The van der Waals surface area contributed by atoms with Crippen LogP contribution in [-0.4, -0.2) is 34.9 Å². The van der Waals surface area contributed by atoms with Gasteiger partial charge in [-0.25, -0.2) is 4.98 Å². The third-order valence-electron chi connectivity index (χ3n) is 5.55. The first-order chi connectivity index (χ1) is 16.0. The number of nitrogens with zero attached hydrogens (tertiary/aromatic N) is 3. The maximum atomic E-state index is 11.5. The van der Waals surface area contributed by atoms with Gasteiger partial charge in [-0.2, -0.15) is 5.26 Å². The van der Waals surface area contributed by atoms with E-state index in [0.29, 0.717) is 36.5 Å². The number of carbonyl (C=O) groups is 1. The first-order valence-corrected chi connectivity index (χ1v) is 10.8. The van der Waals surface area contributed by atoms with Gasteiger partial charge in [0, 0.05) is 29.3 Å². The quantitative estimate of drug-likeness (QED) is 0.551. The summed E-state index contributed by atoms with van der Waals surface area (Å²) in [5.41, 5.74) is 5.67. The Bertz CT molecular complexity index is 1260. The van der Waals surface area contributed by atoms with E-state index < -0.39 is 12.0 Å². The number of rotatable bonds is 7. The van der Waals surface area contributed by atoms with Gasteiger partial charge in [-0.15, -0.1) is 0 Å². The second kappa shape index (κ2) is 9.53. The van der Waals surface area contributed by atoms with E-state index in [2.05, 4.69) is 16.4 Å². The number of benzene rings is 2. The fourth-order valence-electron chi connectivity index (χ4n) is 3.88. The van der Waals surface area contributed by atoms with E-state index in [-0.39, 0.29) is 0 Å². The summed E-state index contributed by atoms with van der Waals surface area (Å²) in [6.45, 7) is 4.47. The fourth-order valence-corrected chi connectivity index (χ4v) is 3.88. The largest absolute Gasteiger partial charge is 0.493 e. The lowest BCUT2D eigenvalue weighted by atomic mass is 9.95. The van der Waals surface area contributed by atoms with Crippen LogP contribution in [-0.2, 0) is 17.8 Å². The van der Waals surface area contributed by atoms with Crippen LogP contribution in [0.15, 0.2) is 53.5 Å². The Kier molecular flexibility index (Phi) is 6.36. The smallest absolute Gasteiger partial charge is 0.325 e. The van der Waals surface area contributed by atoms with Gasteiger partial charge in [-0.3, -0.25) is 9.79 Å². The number of carboxylic acid groups (broad SMARTS) is 1. The van der Waals surface area contributed by atoms with Crippen LogP contribution in [0.4, 0.5) is 5.69 Å². The minimum atomic E-state index is -0.993. The van der Waals surface area contributed by atoms with Gasteiger partial charge in [0.15, 0.2) is 0 Å². The number of carboxylic acids is 1. The molecule has 0 radical (unpaired) electrons. The number of ether oxygens (including phenoxy) is 1. The number of para-hydroxylation sites is 1. The topological polar surface area (TPSA) is 108 Å². The summed E-state index contributed by atoms with van der Waals surface area (Å²) >= 11 is 0. The van der Waals surface area contributed by atoms with Crippen LogP contribution in [0.1, 0.15) is 30.7 Å². The molecule has 4 rings (SSSR count). The SMILES string of the molecule is CCOc1ccccc1-c1ccc(-c2nc3c(c(N[C@H](C)C(=O)O)c2C#N)CC=NC3)cc1. The summed E-state index contributed by atoms with van der Waals surface area (Å²) in [6.07, 6.45) is 2.27. The number of anilines is 1. The van der Waals surface area contributed by atoms with Crippen LogP contribution < -0.4 is 10.1 Å². The molecule has 2 aromatic carbocycles. The maximum absolute atomic E-state index is 11.5. The number of nitrogens with one attached hydrogen (secondary N) is 1. The van der Waals surface area contributed by atoms with E-state index in [4.69, 9.17) is 9.72 Å². The van der Waals surface area contributed by atoms with Crippen molar-refractivity contribution in [2.75, 3.05) is 11.9 Å². The third kappa shape index (κ3) is 4.41. The Balaban J connectivity index is 1.80. The maximum Gasteiger partial charge on any atom is 0.325 e. The second-order valence-electron chi connectivity index (χ2n) is 7.69. The summed E-state index contributed by atoms with van der Waals surface area (Å²) in [4.78, 5) is 20.6. The molecule has 0 saturated carbocycles. The molecule has 3 aromatic rings. The van der Waals surface area contributed by atoms with Crippen LogP contribution in [0.3, 0.4) is 0 Å². The van der Waals surface area contributed by atoms with Crippen LogP contribution in [0.25, 0.3) is 22.4 Å². The molecule has 2 heterocycles. The molecule has 1 aromatic heterocycles. The van der Waals surface area contributed by atoms with Crippen molar-refractivity contribution >= 4 is 17.9 Å². The van der Waals surface area contributed by atoms with Crippen molar-refractivity contribution in [1.82, 2.24) is 4.98 Å². The van der Waals surface area contributed by atoms with Crippen molar-refractivity contribution in [1.29, 1.82) is 5.26 Å². The molecular weight excluding hydrogens is 416 g/mol. The number of aromatic nitrogens is 1. The Morgan fingerprint density at radius 2 is 1.94 bits per heavy atom. The Morgan fingerprint density at radius 1 is 1.21 bits per heavy atom. The van der Waals surface area contributed by atoms with E-state index >= 15 is 0 Å². The molecule has 0 fully saturated rings. The average molecular weight is 441 g/mol. The molecule has 7 nitrogen and oxygen atoms in total. The zero-order valence-electron chi connectivity index (χ0n) is 18.5. The predicted molar refractivity (Wildman–Crippen MR) is 128 cm³/mol. The van der Waals surface area contributed by atoms with E-state index in [1.807, 2.05) is 55.5 Å². The number of pyridine rings is 1. The first-order valence-electron chi connectivity index (χ1n) is 10.8. The minimum Gasteiger partial charge on any atom is -0.493 e. The van der Waals surface area contributed by atoms with Gasteiger partial charge in [-0.1, -0.05) is 42.5 Å². The molecule has 1 atom stereocenters. The number of fused-ring (bicyclic) bond motifs is 1. The number of hydrogen-bond acceptors (Lipinski definition) is 6. The highest BCUT2D eigenvalue weighted by Crippen LogP contribution is 2.36. The van der Waals surface area contributed by atoms with Crippen molar-refractivity contribution in [3.8, 4) is 34.2 Å². The summed E-state index contributed by atoms with van der Waals surface area (Å²) in [7, 11) is 0. The number of aliphatic imine (C=N–C) groups is 1. The molecule has 7 heteroatoms. The molecule has 166 valence electrons. The highest BCUT2D eigenvalue weighted by Gasteiger charge is 2.24. The molecule has 0 saturated heterocycles. The molecule has 0 spiro atoms. The van der Waals surface area contributed by atoms with Crippen molar-refractivity contribution in [3.05, 3.63) is 65.4 Å². The van der Waals surface area contributed by atoms with Gasteiger partial charge < -0.3 is 15.2 Å². The number of aliphatic carboxylic acids is 1. The summed E-state index contributed by atoms with van der Waals surface area (Å²) < 4.78 is 5.75. The van der Waals surface area contributed by atoms with Gasteiger partial charge >= 0.3 is 5.97 Å². The number of nitriles is 1. The summed E-state index contributed by atoms with van der Waals surface area (Å²) in [6, 6.07) is 17.0.